The number of anilines is 1. The molecule has 1 amide bonds. The molecule has 10 heteroatoms. The number of ether oxygens (including phenoxy) is 1. The second-order valence-corrected chi connectivity index (χ2v) is 9.59. The van der Waals surface area contributed by atoms with Gasteiger partial charge >= 0.3 is 5.97 Å². The minimum absolute atomic E-state index is 0.173. The number of thiophene rings is 1. The van der Waals surface area contributed by atoms with Crippen molar-refractivity contribution in [3.63, 3.8) is 0 Å². The third-order valence-electron chi connectivity index (χ3n) is 5.25. The molecule has 0 saturated carbocycles. The molecule has 1 unspecified atom stereocenters. The van der Waals surface area contributed by atoms with Gasteiger partial charge in [-0.3, -0.25) is 9.48 Å². The molecule has 164 valence electrons. The molecule has 0 aliphatic heterocycles. The summed E-state index contributed by atoms with van der Waals surface area (Å²) in [5.74, 6) is -0.713. The Morgan fingerprint density at radius 1 is 1.32 bits per heavy atom. The van der Waals surface area contributed by atoms with Crippen LogP contribution in [0.2, 0.25) is 0 Å². The van der Waals surface area contributed by atoms with Crippen LogP contribution in [0.1, 0.15) is 64.4 Å². The van der Waals surface area contributed by atoms with Gasteiger partial charge in [0.2, 0.25) is 0 Å². The van der Waals surface area contributed by atoms with Gasteiger partial charge in [0.25, 0.3) is 5.91 Å². The highest BCUT2D eigenvalue weighted by atomic mass is 79.9. The minimum atomic E-state index is -0.362. The fourth-order valence-electron chi connectivity index (χ4n) is 3.49. The number of nitrogens with zero attached hydrogens (tertiary/aromatic N) is 4. The molecule has 1 aliphatic carbocycles. The lowest BCUT2D eigenvalue weighted by Crippen LogP contribution is -2.19. The molecule has 0 aromatic carbocycles. The van der Waals surface area contributed by atoms with E-state index in [0.29, 0.717) is 17.2 Å². The Kier molecular flexibility index (Phi) is 6.57. The molecule has 1 aliphatic rings. The third-order valence-corrected chi connectivity index (χ3v) is 6.87. The number of rotatable bonds is 7. The van der Waals surface area contributed by atoms with Gasteiger partial charge in [-0.25, -0.2) is 9.48 Å². The highest BCUT2D eigenvalue weighted by Crippen LogP contribution is 2.39. The van der Waals surface area contributed by atoms with Crippen molar-refractivity contribution < 1.29 is 14.3 Å². The van der Waals surface area contributed by atoms with Crippen molar-refractivity contribution in [2.24, 2.45) is 0 Å². The summed E-state index contributed by atoms with van der Waals surface area (Å²) in [6.07, 6.45) is 9.69. The van der Waals surface area contributed by atoms with Crippen molar-refractivity contribution in [2.45, 2.75) is 58.7 Å². The molecule has 0 radical (unpaired) electrons. The van der Waals surface area contributed by atoms with Crippen molar-refractivity contribution in [1.82, 2.24) is 19.6 Å². The number of hydrogen-bond donors (Lipinski definition) is 1. The number of halogens is 1. The first-order valence-corrected chi connectivity index (χ1v) is 11.9. The van der Waals surface area contributed by atoms with E-state index in [-0.39, 0.29) is 23.7 Å². The summed E-state index contributed by atoms with van der Waals surface area (Å²) in [5.41, 5.74) is 1.81. The van der Waals surface area contributed by atoms with Gasteiger partial charge < -0.3 is 10.1 Å². The van der Waals surface area contributed by atoms with E-state index < -0.39 is 0 Å². The molecule has 31 heavy (non-hydrogen) atoms. The second-order valence-electron chi connectivity index (χ2n) is 7.57. The lowest BCUT2D eigenvalue weighted by atomic mass is 9.95. The van der Waals surface area contributed by atoms with Gasteiger partial charge in [0.1, 0.15) is 11.7 Å². The molecule has 3 heterocycles. The lowest BCUT2D eigenvalue weighted by Gasteiger charge is -2.15. The van der Waals surface area contributed by atoms with E-state index in [2.05, 4.69) is 31.4 Å². The van der Waals surface area contributed by atoms with E-state index in [1.54, 1.807) is 27.8 Å². The molecular weight excluding hydrogens is 482 g/mol. The zero-order valence-corrected chi connectivity index (χ0v) is 19.8. The summed E-state index contributed by atoms with van der Waals surface area (Å²) in [4.78, 5) is 26.9. The fourth-order valence-corrected chi connectivity index (χ4v) is 5.09. The number of esters is 1. The Labute approximate surface area is 192 Å². The predicted octanol–water partition coefficient (Wildman–Crippen LogP) is 4.50. The molecule has 4 rings (SSSR count). The van der Waals surface area contributed by atoms with E-state index >= 15 is 0 Å². The molecule has 0 fully saturated rings. The zero-order chi connectivity index (χ0) is 22.0. The van der Waals surface area contributed by atoms with E-state index in [4.69, 9.17) is 4.74 Å². The maximum absolute atomic E-state index is 12.9. The number of carbonyl (C=O) groups excluding carboxylic acids is 2. The monoisotopic (exact) mass is 505 g/mol. The van der Waals surface area contributed by atoms with Crippen LogP contribution in [0.15, 0.2) is 29.1 Å². The van der Waals surface area contributed by atoms with Gasteiger partial charge in [0, 0.05) is 17.3 Å². The molecule has 1 atom stereocenters. The molecule has 3 aromatic rings. The maximum atomic E-state index is 12.9. The fraction of sp³-hybridized carbons (Fsp3) is 0.429. The topological polar surface area (TPSA) is 91.0 Å². The Morgan fingerprint density at radius 3 is 2.87 bits per heavy atom. The van der Waals surface area contributed by atoms with Crippen molar-refractivity contribution >= 4 is 44.1 Å². The first-order chi connectivity index (χ1) is 14.9. The summed E-state index contributed by atoms with van der Waals surface area (Å²) in [5, 5.41) is 12.0. The number of aromatic nitrogens is 4. The third kappa shape index (κ3) is 4.90. The molecule has 1 N–H and O–H groups in total. The molecule has 0 spiro atoms. The number of carbonyl (C=O) groups is 2. The molecule has 8 nitrogen and oxygen atoms in total. The van der Waals surface area contributed by atoms with Crippen molar-refractivity contribution in [3.8, 4) is 0 Å². The van der Waals surface area contributed by atoms with E-state index in [9.17, 15) is 9.59 Å². The molecule has 3 aromatic heterocycles. The Balaban J connectivity index is 1.54. The SMILES string of the molecule is CCC(C)OC(=O)c1c(NC(=O)c2ccn(Cn3cc(Br)cn3)n2)sc2c1CCCC2. The summed E-state index contributed by atoms with van der Waals surface area (Å²) >= 11 is 4.83. The summed E-state index contributed by atoms with van der Waals surface area (Å²) in [7, 11) is 0. The largest absolute Gasteiger partial charge is 0.459 e. The van der Waals surface area contributed by atoms with Crippen molar-refractivity contribution in [3.05, 3.63) is 50.8 Å². The van der Waals surface area contributed by atoms with Crippen LogP contribution in [-0.4, -0.2) is 37.5 Å². The van der Waals surface area contributed by atoms with Crippen LogP contribution in [-0.2, 0) is 24.2 Å². The summed E-state index contributed by atoms with van der Waals surface area (Å²) in [6, 6.07) is 1.65. The van der Waals surface area contributed by atoms with E-state index in [1.165, 1.54) is 11.3 Å². The van der Waals surface area contributed by atoms with Crippen molar-refractivity contribution in [1.29, 1.82) is 0 Å². The number of aryl methyl sites for hydroxylation is 1. The zero-order valence-electron chi connectivity index (χ0n) is 17.4. The van der Waals surface area contributed by atoms with Gasteiger partial charge in [0.15, 0.2) is 5.69 Å². The highest BCUT2D eigenvalue weighted by Gasteiger charge is 2.28. The van der Waals surface area contributed by atoms with Gasteiger partial charge in [-0.05, 0) is 66.6 Å². The van der Waals surface area contributed by atoms with E-state index in [1.807, 2.05) is 20.0 Å². The summed E-state index contributed by atoms with van der Waals surface area (Å²) < 4.78 is 9.80. The predicted molar refractivity (Wildman–Crippen MR) is 122 cm³/mol. The highest BCUT2D eigenvalue weighted by molar-refractivity contribution is 9.10. The number of nitrogens with one attached hydrogen (secondary N) is 1. The van der Waals surface area contributed by atoms with Gasteiger partial charge in [-0.15, -0.1) is 11.3 Å². The molecule has 0 bridgehead atoms. The van der Waals surface area contributed by atoms with Crippen LogP contribution in [0, 0.1) is 0 Å². The standard InChI is InChI=1S/C21H24BrN5O3S/c1-3-13(2)30-21(29)18-15-6-4-5-7-17(15)31-20(18)24-19(28)16-8-9-26(25-16)12-27-11-14(22)10-23-27/h8-11,13H,3-7,12H2,1-2H3,(H,24,28). The maximum Gasteiger partial charge on any atom is 0.341 e. The van der Waals surface area contributed by atoms with Crippen LogP contribution >= 0.6 is 27.3 Å². The Hall–Kier alpha value is -2.46. The quantitative estimate of drug-likeness (QED) is 0.477. The average molecular weight is 506 g/mol. The molecular formula is C21H24BrN5O3S. The first kappa shape index (κ1) is 21.8. The molecule has 0 saturated heterocycles. The van der Waals surface area contributed by atoms with Crippen LogP contribution < -0.4 is 5.32 Å². The average Bonchev–Trinajstić information content (AvgIpc) is 3.46. The number of fused-ring (bicyclic) bond motifs is 1. The van der Waals surface area contributed by atoms with Gasteiger partial charge in [-0.1, -0.05) is 6.92 Å². The van der Waals surface area contributed by atoms with Crippen LogP contribution in [0.3, 0.4) is 0 Å². The van der Waals surface area contributed by atoms with Gasteiger partial charge in [0.05, 0.1) is 22.3 Å². The second kappa shape index (κ2) is 9.35. The van der Waals surface area contributed by atoms with Crippen LogP contribution in [0.25, 0.3) is 0 Å². The number of hydrogen-bond acceptors (Lipinski definition) is 6. The number of amides is 1. The first-order valence-electron chi connectivity index (χ1n) is 10.3. The van der Waals surface area contributed by atoms with Gasteiger partial charge in [-0.2, -0.15) is 10.2 Å². The lowest BCUT2D eigenvalue weighted by molar-refractivity contribution is 0.0335. The van der Waals surface area contributed by atoms with E-state index in [0.717, 1.165) is 47.0 Å². The Morgan fingerprint density at radius 2 is 2.13 bits per heavy atom. The van der Waals surface area contributed by atoms with Crippen LogP contribution in [0.5, 0.6) is 0 Å². The van der Waals surface area contributed by atoms with Crippen molar-refractivity contribution in [2.75, 3.05) is 5.32 Å². The van der Waals surface area contributed by atoms with Crippen LogP contribution in [0.4, 0.5) is 5.00 Å². The summed E-state index contributed by atoms with van der Waals surface area (Å²) in [6.45, 7) is 4.24. The normalized spacial score (nSPS) is 14.2. The Bertz CT molecular complexity index is 1100. The smallest absolute Gasteiger partial charge is 0.341 e. The minimum Gasteiger partial charge on any atom is -0.459 e.